The van der Waals surface area contributed by atoms with Gasteiger partial charge in [0.05, 0.1) is 24.0 Å². The van der Waals surface area contributed by atoms with Crippen LogP contribution in [0.5, 0.6) is 0 Å². The summed E-state index contributed by atoms with van der Waals surface area (Å²) in [6.07, 6.45) is 4.55. The second-order valence-corrected chi connectivity index (χ2v) is 8.26. The van der Waals surface area contributed by atoms with Crippen molar-refractivity contribution in [2.24, 2.45) is 5.92 Å². The fourth-order valence-corrected chi connectivity index (χ4v) is 4.91. The average Bonchev–Trinajstić information content (AvgIpc) is 3.02. The zero-order valence-corrected chi connectivity index (χ0v) is 13.0. The first-order valence-corrected chi connectivity index (χ1v) is 9.20. The number of hydrogen-bond acceptors (Lipinski definition) is 5. The highest BCUT2D eigenvalue weighted by Crippen LogP contribution is 2.26. The molecule has 0 unspecified atom stereocenters. The summed E-state index contributed by atoms with van der Waals surface area (Å²) in [5, 5.41) is 4.09. The number of sulfone groups is 1. The van der Waals surface area contributed by atoms with E-state index in [1.54, 1.807) is 11.9 Å². The Morgan fingerprint density at radius 3 is 2.86 bits per heavy atom. The summed E-state index contributed by atoms with van der Waals surface area (Å²) in [7, 11) is -1.33. The van der Waals surface area contributed by atoms with Crippen LogP contribution in [-0.4, -0.2) is 42.9 Å². The monoisotopic (exact) mass is 312 g/mol. The minimum Gasteiger partial charge on any atom is -0.361 e. The second-order valence-electron chi connectivity index (χ2n) is 6.03. The van der Waals surface area contributed by atoms with Crippen LogP contribution in [0.15, 0.2) is 4.52 Å². The zero-order valence-electron chi connectivity index (χ0n) is 12.2. The van der Waals surface area contributed by atoms with Crippen molar-refractivity contribution in [2.75, 3.05) is 18.6 Å². The molecular weight excluding hydrogens is 292 g/mol. The Morgan fingerprint density at radius 2 is 2.14 bits per heavy atom. The number of carbonyl (C=O) groups excluding carboxylic acids is 1. The van der Waals surface area contributed by atoms with Crippen molar-refractivity contribution in [3.8, 4) is 0 Å². The van der Waals surface area contributed by atoms with E-state index in [1.165, 1.54) is 0 Å². The maximum Gasteiger partial charge on any atom is 0.226 e. The van der Waals surface area contributed by atoms with Crippen molar-refractivity contribution in [2.45, 2.75) is 38.6 Å². The van der Waals surface area contributed by atoms with E-state index in [-0.39, 0.29) is 17.4 Å². The predicted molar refractivity (Wildman–Crippen MR) is 76.4 cm³/mol. The van der Waals surface area contributed by atoms with Gasteiger partial charge in [-0.1, -0.05) is 5.16 Å². The summed E-state index contributed by atoms with van der Waals surface area (Å²) in [4.78, 5) is 13.9. The summed E-state index contributed by atoms with van der Waals surface area (Å²) in [5.74, 6) is 0.538. The van der Waals surface area contributed by atoms with Gasteiger partial charge in [0.2, 0.25) is 5.91 Å². The van der Waals surface area contributed by atoms with E-state index in [4.69, 9.17) is 4.52 Å². The summed E-state index contributed by atoms with van der Waals surface area (Å²) >= 11 is 0. The highest BCUT2D eigenvalue weighted by molar-refractivity contribution is 7.91. The van der Waals surface area contributed by atoms with E-state index in [9.17, 15) is 13.2 Å². The Kier molecular flexibility index (Phi) is 3.77. The van der Waals surface area contributed by atoms with E-state index in [0.29, 0.717) is 13.0 Å². The lowest BCUT2D eigenvalue weighted by Crippen LogP contribution is -2.33. The Balaban J connectivity index is 1.68. The third-order valence-corrected chi connectivity index (χ3v) is 6.14. The van der Waals surface area contributed by atoms with Gasteiger partial charge in [-0.3, -0.25) is 4.79 Å². The number of carbonyl (C=O) groups is 1. The van der Waals surface area contributed by atoms with Gasteiger partial charge in [0, 0.05) is 19.0 Å². The smallest absolute Gasteiger partial charge is 0.226 e. The van der Waals surface area contributed by atoms with Crippen LogP contribution in [0, 0.1) is 5.92 Å². The summed E-state index contributed by atoms with van der Waals surface area (Å²) in [5.41, 5.74) is 1.96. The van der Waals surface area contributed by atoms with Crippen LogP contribution in [0.2, 0.25) is 0 Å². The fourth-order valence-electron chi connectivity index (χ4n) is 3.18. The van der Waals surface area contributed by atoms with Gasteiger partial charge in [-0.2, -0.15) is 0 Å². The molecule has 0 radical (unpaired) electrons. The van der Waals surface area contributed by atoms with Crippen LogP contribution in [0.25, 0.3) is 0 Å². The maximum absolute atomic E-state index is 12.3. The Labute approximate surface area is 124 Å². The van der Waals surface area contributed by atoms with E-state index in [2.05, 4.69) is 5.16 Å². The van der Waals surface area contributed by atoms with E-state index in [1.807, 2.05) is 0 Å². The first kappa shape index (κ1) is 14.6. The molecule has 2 aliphatic rings. The third-order valence-electron chi connectivity index (χ3n) is 4.38. The van der Waals surface area contributed by atoms with Crippen LogP contribution in [0.4, 0.5) is 0 Å². The first-order chi connectivity index (χ1) is 9.96. The molecular formula is C14H20N2O4S. The van der Waals surface area contributed by atoms with Gasteiger partial charge in [0.25, 0.3) is 0 Å². The van der Waals surface area contributed by atoms with Gasteiger partial charge in [-0.15, -0.1) is 0 Å². The quantitative estimate of drug-likeness (QED) is 0.830. The van der Waals surface area contributed by atoms with E-state index >= 15 is 0 Å². The topological polar surface area (TPSA) is 80.5 Å². The lowest BCUT2D eigenvalue weighted by atomic mass is 9.96. The van der Waals surface area contributed by atoms with Crippen LogP contribution in [-0.2, 0) is 34.0 Å². The van der Waals surface area contributed by atoms with Crippen LogP contribution in [0.1, 0.15) is 36.3 Å². The number of aromatic nitrogens is 1. The molecule has 116 valence electrons. The molecule has 1 atom stereocenters. The van der Waals surface area contributed by atoms with Gasteiger partial charge in [-0.05, 0) is 25.7 Å². The summed E-state index contributed by atoms with van der Waals surface area (Å²) < 4.78 is 28.3. The molecule has 21 heavy (non-hydrogen) atoms. The van der Waals surface area contributed by atoms with Crippen molar-refractivity contribution in [1.82, 2.24) is 10.1 Å². The van der Waals surface area contributed by atoms with Crippen LogP contribution in [0.3, 0.4) is 0 Å². The number of amides is 1. The number of nitrogens with zero attached hydrogens (tertiary/aromatic N) is 2. The molecule has 3 rings (SSSR count). The van der Waals surface area contributed by atoms with Gasteiger partial charge >= 0.3 is 0 Å². The summed E-state index contributed by atoms with van der Waals surface area (Å²) in [6.45, 7) is 0.397. The lowest BCUT2D eigenvalue weighted by molar-refractivity contribution is -0.134. The molecule has 6 nitrogen and oxygen atoms in total. The highest BCUT2D eigenvalue weighted by atomic mass is 32.2. The average molecular weight is 312 g/mol. The third kappa shape index (κ3) is 2.97. The SMILES string of the molecule is CN(Cc1noc2c1CCCC2)C(=O)[C@H]1CCS(=O)(=O)C1. The van der Waals surface area contributed by atoms with Crippen molar-refractivity contribution in [1.29, 1.82) is 0 Å². The maximum atomic E-state index is 12.3. The normalized spacial score (nSPS) is 23.8. The number of hydrogen-bond donors (Lipinski definition) is 0. The van der Waals surface area contributed by atoms with Crippen molar-refractivity contribution in [3.05, 3.63) is 17.0 Å². The fraction of sp³-hybridized carbons (Fsp3) is 0.714. The molecule has 1 aromatic heterocycles. The Morgan fingerprint density at radius 1 is 1.38 bits per heavy atom. The lowest BCUT2D eigenvalue weighted by Gasteiger charge is -2.20. The molecule has 0 spiro atoms. The second kappa shape index (κ2) is 5.44. The molecule has 2 heterocycles. The van der Waals surface area contributed by atoms with Gasteiger partial charge in [0.1, 0.15) is 11.5 Å². The largest absolute Gasteiger partial charge is 0.361 e. The first-order valence-electron chi connectivity index (χ1n) is 7.38. The number of rotatable bonds is 3. The zero-order chi connectivity index (χ0) is 15.0. The molecule has 7 heteroatoms. The standard InChI is InChI=1S/C14H20N2O4S/c1-16(14(17)10-6-7-21(18,19)9-10)8-12-11-4-2-3-5-13(11)20-15-12/h10H,2-9H2,1H3/t10-/m0/s1. The van der Waals surface area contributed by atoms with Crippen molar-refractivity contribution in [3.63, 3.8) is 0 Å². The van der Waals surface area contributed by atoms with Crippen LogP contribution >= 0.6 is 0 Å². The minimum absolute atomic E-state index is 0.0207. The van der Waals surface area contributed by atoms with Crippen molar-refractivity contribution >= 4 is 15.7 Å². The molecule has 1 aliphatic carbocycles. The molecule has 1 aliphatic heterocycles. The predicted octanol–water partition coefficient (Wildman–Crippen LogP) is 0.946. The Hall–Kier alpha value is -1.37. The molecule has 0 saturated carbocycles. The van der Waals surface area contributed by atoms with E-state index < -0.39 is 15.8 Å². The highest BCUT2D eigenvalue weighted by Gasteiger charge is 2.35. The van der Waals surface area contributed by atoms with E-state index in [0.717, 1.165) is 42.7 Å². The molecule has 0 N–H and O–H groups in total. The Bertz CT molecular complexity index is 650. The van der Waals surface area contributed by atoms with Gasteiger partial charge in [0.15, 0.2) is 9.84 Å². The van der Waals surface area contributed by atoms with Crippen molar-refractivity contribution < 1.29 is 17.7 Å². The molecule has 1 fully saturated rings. The number of aryl methyl sites for hydroxylation is 1. The minimum atomic E-state index is -3.03. The molecule has 1 aromatic rings. The molecule has 1 amide bonds. The van der Waals surface area contributed by atoms with Gasteiger partial charge in [-0.25, -0.2) is 8.42 Å². The van der Waals surface area contributed by atoms with Crippen LogP contribution < -0.4 is 0 Å². The molecule has 1 saturated heterocycles. The molecule has 0 aromatic carbocycles. The number of fused-ring (bicyclic) bond motifs is 1. The summed E-state index contributed by atoms with van der Waals surface area (Å²) in [6, 6.07) is 0. The molecule has 0 bridgehead atoms. The van der Waals surface area contributed by atoms with Gasteiger partial charge < -0.3 is 9.42 Å².